The smallest absolute Gasteiger partial charge is 0.255 e. The van der Waals surface area contributed by atoms with Crippen LogP contribution in [0.5, 0.6) is 0 Å². The third-order valence-corrected chi connectivity index (χ3v) is 3.18. The van der Waals surface area contributed by atoms with Crippen LogP contribution in [0.4, 0.5) is 5.69 Å². The van der Waals surface area contributed by atoms with E-state index in [9.17, 15) is 4.79 Å². The van der Waals surface area contributed by atoms with E-state index < -0.39 is 0 Å². The highest BCUT2D eigenvalue weighted by atomic mass is 16.5. The molecular weight excluding hydrogens is 230 g/mol. The summed E-state index contributed by atoms with van der Waals surface area (Å²) in [7, 11) is 1.78. The summed E-state index contributed by atoms with van der Waals surface area (Å²) in [5, 5.41) is 0. The molecule has 1 aromatic rings. The number of carbonyl (C=O) groups excluding carboxylic acids is 1. The van der Waals surface area contributed by atoms with Gasteiger partial charge in [0.05, 0.1) is 23.6 Å². The van der Waals surface area contributed by atoms with Crippen LogP contribution >= 0.6 is 0 Å². The SMILES string of the molecule is CN(CC1CCCCO1)C(=O)c1ccncc1N. The first-order valence-corrected chi connectivity index (χ1v) is 6.25. The number of hydrogen-bond donors (Lipinski definition) is 1. The van der Waals surface area contributed by atoms with Crippen molar-refractivity contribution in [2.75, 3.05) is 25.9 Å². The Morgan fingerprint density at radius 1 is 1.61 bits per heavy atom. The van der Waals surface area contributed by atoms with Crippen molar-refractivity contribution in [3.05, 3.63) is 24.0 Å². The van der Waals surface area contributed by atoms with Gasteiger partial charge in [0, 0.05) is 26.4 Å². The normalized spacial score (nSPS) is 19.5. The fourth-order valence-corrected chi connectivity index (χ4v) is 2.15. The molecule has 0 bridgehead atoms. The monoisotopic (exact) mass is 249 g/mol. The van der Waals surface area contributed by atoms with Crippen molar-refractivity contribution in [2.24, 2.45) is 0 Å². The second-order valence-electron chi connectivity index (χ2n) is 4.64. The van der Waals surface area contributed by atoms with Gasteiger partial charge in [-0.1, -0.05) is 0 Å². The van der Waals surface area contributed by atoms with Crippen molar-refractivity contribution >= 4 is 11.6 Å². The number of hydrogen-bond acceptors (Lipinski definition) is 4. The largest absolute Gasteiger partial charge is 0.397 e. The molecule has 5 nitrogen and oxygen atoms in total. The maximum atomic E-state index is 12.2. The minimum Gasteiger partial charge on any atom is -0.397 e. The Morgan fingerprint density at radius 3 is 3.11 bits per heavy atom. The van der Waals surface area contributed by atoms with Gasteiger partial charge in [-0.2, -0.15) is 0 Å². The summed E-state index contributed by atoms with van der Waals surface area (Å²) in [5.74, 6) is -0.0796. The van der Waals surface area contributed by atoms with Crippen LogP contribution in [-0.4, -0.2) is 42.1 Å². The van der Waals surface area contributed by atoms with Crippen molar-refractivity contribution in [1.29, 1.82) is 0 Å². The summed E-state index contributed by atoms with van der Waals surface area (Å²) in [5.41, 5.74) is 6.67. The highest BCUT2D eigenvalue weighted by Gasteiger charge is 2.20. The van der Waals surface area contributed by atoms with Gasteiger partial charge in [-0.05, 0) is 25.3 Å². The van der Waals surface area contributed by atoms with E-state index in [2.05, 4.69) is 4.98 Å². The summed E-state index contributed by atoms with van der Waals surface area (Å²) in [6, 6.07) is 1.65. The first-order valence-electron chi connectivity index (χ1n) is 6.25. The minimum atomic E-state index is -0.0796. The van der Waals surface area contributed by atoms with Crippen molar-refractivity contribution < 1.29 is 9.53 Å². The lowest BCUT2D eigenvalue weighted by Gasteiger charge is -2.27. The predicted octanol–water partition coefficient (Wildman–Crippen LogP) is 1.30. The van der Waals surface area contributed by atoms with Gasteiger partial charge in [-0.25, -0.2) is 0 Å². The first-order chi connectivity index (χ1) is 8.68. The molecule has 5 heteroatoms. The number of nitrogens with zero attached hydrogens (tertiary/aromatic N) is 2. The Bertz CT molecular complexity index is 416. The Morgan fingerprint density at radius 2 is 2.44 bits per heavy atom. The van der Waals surface area contributed by atoms with Gasteiger partial charge in [-0.15, -0.1) is 0 Å². The van der Waals surface area contributed by atoms with E-state index in [4.69, 9.17) is 10.5 Å². The summed E-state index contributed by atoms with van der Waals surface area (Å²) in [6.07, 6.45) is 6.53. The van der Waals surface area contributed by atoms with Crippen molar-refractivity contribution in [1.82, 2.24) is 9.88 Å². The standard InChI is InChI=1S/C13H19N3O2/c1-16(9-10-4-2-3-7-18-10)13(17)11-5-6-15-8-12(11)14/h5-6,8,10H,2-4,7,9,14H2,1H3. The molecule has 98 valence electrons. The number of ether oxygens (including phenoxy) is 1. The van der Waals surface area contributed by atoms with Gasteiger partial charge in [0.2, 0.25) is 0 Å². The molecule has 2 heterocycles. The molecule has 1 amide bonds. The third-order valence-electron chi connectivity index (χ3n) is 3.18. The molecule has 1 aliphatic heterocycles. The Kier molecular flexibility index (Phi) is 4.15. The highest BCUT2D eigenvalue weighted by molar-refractivity contribution is 5.98. The molecule has 0 aromatic carbocycles. The molecular formula is C13H19N3O2. The number of rotatable bonds is 3. The summed E-state index contributed by atoms with van der Waals surface area (Å²) < 4.78 is 5.63. The molecule has 0 aliphatic carbocycles. The number of likely N-dealkylation sites (N-methyl/N-ethyl adjacent to an activating group) is 1. The highest BCUT2D eigenvalue weighted by Crippen LogP contribution is 2.16. The maximum absolute atomic E-state index is 12.2. The van der Waals surface area contributed by atoms with Gasteiger partial charge in [-0.3, -0.25) is 9.78 Å². The quantitative estimate of drug-likeness (QED) is 0.876. The lowest BCUT2D eigenvalue weighted by Crippen LogP contribution is -2.37. The number of anilines is 1. The van der Waals surface area contributed by atoms with E-state index in [1.807, 2.05) is 0 Å². The zero-order chi connectivity index (χ0) is 13.0. The van der Waals surface area contributed by atoms with E-state index in [0.29, 0.717) is 17.8 Å². The van der Waals surface area contributed by atoms with Crippen LogP contribution < -0.4 is 5.73 Å². The lowest BCUT2D eigenvalue weighted by atomic mass is 10.1. The second-order valence-corrected chi connectivity index (χ2v) is 4.64. The average Bonchev–Trinajstić information content (AvgIpc) is 2.39. The maximum Gasteiger partial charge on any atom is 0.255 e. The fourth-order valence-electron chi connectivity index (χ4n) is 2.15. The number of nitrogens with two attached hydrogens (primary N) is 1. The number of pyridine rings is 1. The van der Waals surface area contributed by atoms with E-state index in [1.54, 1.807) is 24.2 Å². The van der Waals surface area contributed by atoms with E-state index >= 15 is 0 Å². The molecule has 1 saturated heterocycles. The number of carbonyl (C=O) groups is 1. The van der Waals surface area contributed by atoms with Crippen LogP contribution in [-0.2, 0) is 4.74 Å². The molecule has 18 heavy (non-hydrogen) atoms. The molecule has 0 spiro atoms. The average molecular weight is 249 g/mol. The van der Waals surface area contributed by atoms with E-state index in [1.165, 1.54) is 12.6 Å². The summed E-state index contributed by atoms with van der Waals surface area (Å²) in [6.45, 7) is 1.41. The lowest BCUT2D eigenvalue weighted by molar-refractivity contribution is -0.000171. The molecule has 0 radical (unpaired) electrons. The molecule has 0 saturated carbocycles. The van der Waals surface area contributed by atoms with Crippen molar-refractivity contribution in [3.63, 3.8) is 0 Å². The van der Waals surface area contributed by atoms with Crippen LogP contribution in [0, 0.1) is 0 Å². The zero-order valence-electron chi connectivity index (χ0n) is 10.6. The molecule has 1 fully saturated rings. The third kappa shape index (κ3) is 2.98. The van der Waals surface area contributed by atoms with Crippen LogP contribution in [0.2, 0.25) is 0 Å². The minimum absolute atomic E-state index is 0.0796. The Labute approximate surface area is 107 Å². The molecule has 1 aliphatic rings. The van der Waals surface area contributed by atoms with Crippen LogP contribution in [0.1, 0.15) is 29.6 Å². The number of nitrogen functional groups attached to an aromatic ring is 1. The van der Waals surface area contributed by atoms with Crippen LogP contribution in [0.3, 0.4) is 0 Å². The summed E-state index contributed by atoms with van der Waals surface area (Å²) >= 11 is 0. The van der Waals surface area contributed by atoms with Crippen molar-refractivity contribution in [2.45, 2.75) is 25.4 Å². The van der Waals surface area contributed by atoms with Gasteiger partial charge in [0.15, 0.2) is 0 Å². The van der Waals surface area contributed by atoms with E-state index in [-0.39, 0.29) is 12.0 Å². The summed E-state index contributed by atoms with van der Waals surface area (Å²) in [4.78, 5) is 17.8. The topological polar surface area (TPSA) is 68.5 Å². The van der Waals surface area contributed by atoms with Crippen LogP contribution in [0.25, 0.3) is 0 Å². The molecule has 2 N–H and O–H groups in total. The molecule has 1 unspecified atom stereocenters. The van der Waals surface area contributed by atoms with Gasteiger partial charge in [0.25, 0.3) is 5.91 Å². The first kappa shape index (κ1) is 12.8. The van der Waals surface area contributed by atoms with Crippen molar-refractivity contribution in [3.8, 4) is 0 Å². The second kappa shape index (κ2) is 5.82. The number of amides is 1. The Hall–Kier alpha value is -1.62. The molecule has 2 rings (SSSR count). The van der Waals surface area contributed by atoms with Crippen LogP contribution in [0.15, 0.2) is 18.5 Å². The Balaban J connectivity index is 1.98. The van der Waals surface area contributed by atoms with Gasteiger partial charge in [0.1, 0.15) is 0 Å². The van der Waals surface area contributed by atoms with Gasteiger partial charge >= 0.3 is 0 Å². The predicted molar refractivity (Wildman–Crippen MR) is 69.2 cm³/mol. The number of aromatic nitrogens is 1. The fraction of sp³-hybridized carbons (Fsp3) is 0.538. The van der Waals surface area contributed by atoms with Gasteiger partial charge < -0.3 is 15.4 Å². The molecule has 1 atom stereocenters. The van der Waals surface area contributed by atoms with E-state index in [0.717, 1.165) is 19.4 Å². The zero-order valence-corrected chi connectivity index (χ0v) is 10.6. The molecule has 1 aromatic heterocycles.